The molecule has 1 aliphatic rings. The summed E-state index contributed by atoms with van der Waals surface area (Å²) in [4.78, 5) is 35.3. The van der Waals surface area contributed by atoms with Crippen molar-refractivity contribution in [1.82, 2.24) is 15.5 Å². The number of hydrogen-bond acceptors (Lipinski definition) is 4. The van der Waals surface area contributed by atoms with E-state index in [1.54, 1.807) is 0 Å². The molecule has 0 aromatic rings. The summed E-state index contributed by atoms with van der Waals surface area (Å²) in [7, 11) is 0. The highest BCUT2D eigenvalue weighted by atomic mass is 16.3. The molecule has 3 N–H and O–H groups in total. The number of aliphatic hydroxyl groups is 1. The van der Waals surface area contributed by atoms with Crippen molar-refractivity contribution in [1.29, 1.82) is 0 Å². The van der Waals surface area contributed by atoms with Crippen molar-refractivity contribution in [3.63, 3.8) is 0 Å². The number of amides is 3. The molecule has 102 valence electrons. The summed E-state index contributed by atoms with van der Waals surface area (Å²) in [6.45, 7) is 2.37. The normalized spacial score (nSPS) is 22.7. The summed E-state index contributed by atoms with van der Waals surface area (Å²) in [6.07, 6.45) is 1.21. The van der Waals surface area contributed by atoms with E-state index in [0.29, 0.717) is 13.0 Å². The average Bonchev–Trinajstić information content (AvgIpc) is 2.75. The molecule has 0 bridgehead atoms. The van der Waals surface area contributed by atoms with E-state index in [4.69, 9.17) is 5.11 Å². The van der Waals surface area contributed by atoms with Crippen LogP contribution in [0.3, 0.4) is 0 Å². The Morgan fingerprint density at radius 2 is 2.22 bits per heavy atom. The Kier molecular flexibility index (Phi) is 5.57. The van der Waals surface area contributed by atoms with Crippen LogP contribution in [0.5, 0.6) is 0 Å². The quantitative estimate of drug-likeness (QED) is 0.483. The van der Waals surface area contributed by atoms with Crippen molar-refractivity contribution < 1.29 is 19.5 Å². The summed E-state index contributed by atoms with van der Waals surface area (Å²) >= 11 is 0. The van der Waals surface area contributed by atoms with Crippen LogP contribution in [0.15, 0.2) is 0 Å². The summed E-state index contributed by atoms with van der Waals surface area (Å²) in [5.74, 6) is -0.451. The first-order valence-electron chi connectivity index (χ1n) is 5.97. The third-order valence-corrected chi connectivity index (χ3v) is 3.04. The summed E-state index contributed by atoms with van der Waals surface area (Å²) < 4.78 is 0. The van der Waals surface area contributed by atoms with Gasteiger partial charge in [0.25, 0.3) is 0 Å². The number of carbonyl (C=O) groups excluding carboxylic acids is 3. The van der Waals surface area contributed by atoms with E-state index in [1.807, 2.05) is 6.92 Å². The van der Waals surface area contributed by atoms with Crippen LogP contribution < -0.4 is 10.6 Å². The topological polar surface area (TPSA) is 98.7 Å². The van der Waals surface area contributed by atoms with E-state index in [1.165, 1.54) is 4.90 Å². The molecule has 1 fully saturated rings. The molecule has 0 saturated carbocycles. The van der Waals surface area contributed by atoms with Crippen molar-refractivity contribution in [2.24, 2.45) is 5.92 Å². The number of nitrogens with zero attached hydrogens (tertiary/aromatic N) is 1. The van der Waals surface area contributed by atoms with Gasteiger partial charge in [0, 0.05) is 13.1 Å². The van der Waals surface area contributed by atoms with Crippen LogP contribution in [0, 0.1) is 5.92 Å². The predicted molar refractivity (Wildman–Crippen MR) is 63.4 cm³/mol. The molecule has 7 heteroatoms. The van der Waals surface area contributed by atoms with Gasteiger partial charge in [-0.1, -0.05) is 6.92 Å². The average molecular weight is 257 g/mol. The summed E-state index contributed by atoms with van der Waals surface area (Å²) in [5.41, 5.74) is 0. The highest BCUT2D eigenvalue weighted by Gasteiger charge is 2.38. The van der Waals surface area contributed by atoms with Crippen molar-refractivity contribution in [3.8, 4) is 0 Å². The lowest BCUT2D eigenvalue weighted by atomic mass is 10.0. The molecule has 2 unspecified atom stereocenters. The van der Waals surface area contributed by atoms with E-state index >= 15 is 0 Å². The molecule has 3 amide bonds. The number of aliphatic hydroxyl groups excluding tert-OH is 1. The molecule has 18 heavy (non-hydrogen) atoms. The minimum absolute atomic E-state index is 0.0730. The molecule has 0 aliphatic carbocycles. The highest BCUT2D eigenvalue weighted by molar-refractivity contribution is 5.89. The second-order valence-corrected chi connectivity index (χ2v) is 4.31. The van der Waals surface area contributed by atoms with Crippen molar-refractivity contribution in [2.75, 3.05) is 26.2 Å². The Morgan fingerprint density at radius 1 is 1.50 bits per heavy atom. The van der Waals surface area contributed by atoms with Crippen LogP contribution in [-0.2, 0) is 14.4 Å². The molecule has 1 rings (SSSR count). The largest absolute Gasteiger partial charge is 0.395 e. The van der Waals surface area contributed by atoms with Crippen molar-refractivity contribution in [3.05, 3.63) is 0 Å². The van der Waals surface area contributed by atoms with Gasteiger partial charge in [-0.2, -0.15) is 0 Å². The van der Waals surface area contributed by atoms with E-state index in [-0.39, 0.29) is 37.4 Å². The van der Waals surface area contributed by atoms with Crippen molar-refractivity contribution >= 4 is 18.2 Å². The van der Waals surface area contributed by atoms with Crippen LogP contribution in [0.2, 0.25) is 0 Å². The Morgan fingerprint density at radius 3 is 2.83 bits per heavy atom. The molecular weight excluding hydrogens is 238 g/mol. The van der Waals surface area contributed by atoms with Gasteiger partial charge in [-0.25, -0.2) is 0 Å². The molecule has 0 radical (unpaired) electrons. The maximum absolute atomic E-state index is 11.9. The SMILES string of the molecule is CC1CCN(C(=O)CNC=O)C1C(=O)NCCO. The standard InChI is InChI=1S/C11H19N3O4/c1-8-2-4-14(9(17)6-12-7-16)10(8)11(18)13-3-5-15/h7-8,10,15H,2-6H2,1H3,(H,12,16)(H,13,18). The molecular formula is C11H19N3O4. The number of likely N-dealkylation sites (tertiary alicyclic amines) is 1. The minimum Gasteiger partial charge on any atom is -0.395 e. The molecule has 0 spiro atoms. The fraction of sp³-hybridized carbons (Fsp3) is 0.727. The molecule has 1 saturated heterocycles. The minimum atomic E-state index is -0.516. The number of hydrogen-bond donors (Lipinski definition) is 3. The lowest BCUT2D eigenvalue weighted by Crippen LogP contribution is -2.50. The second kappa shape index (κ2) is 6.95. The van der Waals surface area contributed by atoms with Gasteiger partial charge in [0.1, 0.15) is 6.04 Å². The van der Waals surface area contributed by atoms with Gasteiger partial charge in [-0.15, -0.1) is 0 Å². The van der Waals surface area contributed by atoms with Crippen molar-refractivity contribution in [2.45, 2.75) is 19.4 Å². The van der Waals surface area contributed by atoms with E-state index in [2.05, 4.69) is 10.6 Å². The van der Waals surface area contributed by atoms with Gasteiger partial charge in [0.15, 0.2) is 0 Å². The van der Waals surface area contributed by atoms with Gasteiger partial charge in [-0.3, -0.25) is 14.4 Å². The molecule has 1 heterocycles. The van der Waals surface area contributed by atoms with Crippen LogP contribution >= 0.6 is 0 Å². The van der Waals surface area contributed by atoms with Crippen LogP contribution in [0.4, 0.5) is 0 Å². The Labute approximate surface area is 106 Å². The second-order valence-electron chi connectivity index (χ2n) is 4.31. The lowest BCUT2D eigenvalue weighted by molar-refractivity contribution is -0.139. The summed E-state index contributed by atoms with van der Waals surface area (Å²) in [6, 6.07) is -0.516. The van der Waals surface area contributed by atoms with Crippen LogP contribution in [0.25, 0.3) is 0 Å². The molecule has 2 atom stereocenters. The first-order valence-corrected chi connectivity index (χ1v) is 5.97. The maximum atomic E-state index is 11.9. The van der Waals surface area contributed by atoms with Crippen LogP contribution in [0.1, 0.15) is 13.3 Å². The molecule has 0 aromatic heterocycles. The van der Waals surface area contributed by atoms with Gasteiger partial charge in [0.05, 0.1) is 13.2 Å². The smallest absolute Gasteiger partial charge is 0.243 e. The van der Waals surface area contributed by atoms with Gasteiger partial charge < -0.3 is 20.6 Å². The summed E-state index contributed by atoms with van der Waals surface area (Å²) in [5, 5.41) is 13.5. The highest BCUT2D eigenvalue weighted by Crippen LogP contribution is 2.23. The zero-order chi connectivity index (χ0) is 13.5. The molecule has 0 aromatic carbocycles. The zero-order valence-electron chi connectivity index (χ0n) is 10.4. The zero-order valence-corrected chi connectivity index (χ0v) is 10.4. The third kappa shape index (κ3) is 3.43. The monoisotopic (exact) mass is 257 g/mol. The first-order chi connectivity index (χ1) is 8.61. The first kappa shape index (κ1) is 14.4. The fourth-order valence-corrected chi connectivity index (χ4v) is 2.14. The number of nitrogens with one attached hydrogen (secondary N) is 2. The van der Waals surface area contributed by atoms with Gasteiger partial charge in [0.2, 0.25) is 18.2 Å². The Balaban J connectivity index is 2.63. The van der Waals surface area contributed by atoms with Gasteiger partial charge in [-0.05, 0) is 12.3 Å². The van der Waals surface area contributed by atoms with E-state index < -0.39 is 6.04 Å². The van der Waals surface area contributed by atoms with Gasteiger partial charge >= 0.3 is 0 Å². The maximum Gasteiger partial charge on any atom is 0.243 e. The molecule has 1 aliphatic heterocycles. The Bertz CT molecular complexity index is 321. The number of carbonyl (C=O) groups is 3. The Hall–Kier alpha value is -1.63. The fourth-order valence-electron chi connectivity index (χ4n) is 2.14. The third-order valence-electron chi connectivity index (χ3n) is 3.04. The predicted octanol–water partition coefficient (Wildman–Crippen LogP) is -1.92. The van der Waals surface area contributed by atoms with E-state index in [9.17, 15) is 14.4 Å². The van der Waals surface area contributed by atoms with Crippen LogP contribution in [-0.4, -0.2) is 60.5 Å². The molecule has 7 nitrogen and oxygen atoms in total. The lowest BCUT2D eigenvalue weighted by Gasteiger charge is -2.25. The number of rotatable bonds is 6. The van der Waals surface area contributed by atoms with E-state index in [0.717, 1.165) is 6.42 Å².